The zero-order valence-corrected chi connectivity index (χ0v) is 14.0. The molecule has 2 saturated heterocycles. The van der Waals surface area contributed by atoms with Crippen molar-refractivity contribution >= 4 is 5.91 Å². The van der Waals surface area contributed by atoms with Crippen LogP contribution in [0.1, 0.15) is 31.2 Å². The smallest absolute Gasteiger partial charge is 0.236 e. The standard InChI is InChI=1S/C18H26FN3O/c1-21(16-9-14-7-8-15(10-16)20-14)12-18(23)22(2)11-13-5-3-4-6-17(13)19/h3-6,14-16,20H,7-12H2,1-2H3. The highest BCUT2D eigenvalue weighted by Crippen LogP contribution is 2.29. The number of carbonyl (C=O) groups is 1. The first-order chi connectivity index (χ1) is 11.0. The molecule has 2 heterocycles. The van der Waals surface area contributed by atoms with Crippen LogP contribution in [0.4, 0.5) is 4.39 Å². The summed E-state index contributed by atoms with van der Waals surface area (Å²) in [5.41, 5.74) is 0.561. The summed E-state index contributed by atoms with van der Waals surface area (Å²) >= 11 is 0. The third kappa shape index (κ3) is 3.90. The molecule has 0 aromatic heterocycles. The second kappa shape index (κ2) is 6.97. The van der Waals surface area contributed by atoms with Gasteiger partial charge in [0, 0.05) is 37.3 Å². The van der Waals surface area contributed by atoms with Crippen LogP contribution in [0.25, 0.3) is 0 Å². The van der Waals surface area contributed by atoms with Gasteiger partial charge in [-0.1, -0.05) is 18.2 Å². The van der Waals surface area contributed by atoms with Crippen LogP contribution in [0.2, 0.25) is 0 Å². The van der Waals surface area contributed by atoms with Crippen molar-refractivity contribution in [3.8, 4) is 0 Å². The summed E-state index contributed by atoms with van der Waals surface area (Å²) in [6.45, 7) is 0.714. The molecule has 5 heteroatoms. The normalized spacial score (nSPS) is 26.5. The molecule has 4 nitrogen and oxygen atoms in total. The summed E-state index contributed by atoms with van der Waals surface area (Å²) in [4.78, 5) is 16.2. The number of nitrogens with one attached hydrogen (secondary N) is 1. The average molecular weight is 319 g/mol. The number of rotatable bonds is 5. The van der Waals surface area contributed by atoms with Crippen LogP contribution in [-0.4, -0.2) is 54.5 Å². The fourth-order valence-electron chi connectivity index (χ4n) is 3.82. The Labute approximate surface area is 137 Å². The molecule has 2 fully saturated rings. The molecule has 2 aliphatic rings. The van der Waals surface area contributed by atoms with Crippen molar-refractivity contribution in [1.82, 2.24) is 15.1 Å². The lowest BCUT2D eigenvalue weighted by Gasteiger charge is -2.35. The third-order valence-corrected chi connectivity index (χ3v) is 5.25. The van der Waals surface area contributed by atoms with E-state index in [1.165, 1.54) is 18.9 Å². The van der Waals surface area contributed by atoms with E-state index in [0.717, 1.165) is 12.8 Å². The molecule has 2 atom stereocenters. The number of carbonyl (C=O) groups excluding carboxylic acids is 1. The summed E-state index contributed by atoms with van der Waals surface area (Å²) in [6.07, 6.45) is 4.76. The second-order valence-corrected chi connectivity index (χ2v) is 7.02. The van der Waals surface area contributed by atoms with Crippen LogP contribution in [0, 0.1) is 5.82 Å². The third-order valence-electron chi connectivity index (χ3n) is 5.25. The van der Waals surface area contributed by atoms with Gasteiger partial charge in [-0.05, 0) is 38.8 Å². The van der Waals surface area contributed by atoms with Crippen LogP contribution < -0.4 is 5.32 Å². The Hall–Kier alpha value is -1.46. The van der Waals surface area contributed by atoms with E-state index in [0.29, 0.717) is 36.8 Å². The van der Waals surface area contributed by atoms with Gasteiger partial charge in [0.15, 0.2) is 0 Å². The molecule has 1 aromatic rings. The van der Waals surface area contributed by atoms with E-state index in [9.17, 15) is 9.18 Å². The zero-order valence-electron chi connectivity index (χ0n) is 14.0. The van der Waals surface area contributed by atoms with Crippen molar-refractivity contribution in [2.24, 2.45) is 0 Å². The molecule has 0 radical (unpaired) electrons. The minimum Gasteiger partial charge on any atom is -0.340 e. The average Bonchev–Trinajstić information content (AvgIpc) is 2.87. The first kappa shape index (κ1) is 16.4. The monoisotopic (exact) mass is 319 g/mol. The quantitative estimate of drug-likeness (QED) is 0.902. The summed E-state index contributed by atoms with van der Waals surface area (Å²) in [5, 5.41) is 3.63. The Bertz CT molecular complexity index is 553. The van der Waals surface area contributed by atoms with E-state index in [1.807, 2.05) is 7.05 Å². The lowest BCUT2D eigenvalue weighted by atomic mass is 9.98. The highest BCUT2D eigenvalue weighted by Gasteiger charge is 2.35. The van der Waals surface area contributed by atoms with Crippen molar-refractivity contribution in [3.05, 3.63) is 35.6 Å². The first-order valence-corrected chi connectivity index (χ1v) is 8.46. The minimum atomic E-state index is -0.254. The van der Waals surface area contributed by atoms with Gasteiger partial charge in [0.2, 0.25) is 5.91 Å². The van der Waals surface area contributed by atoms with Gasteiger partial charge in [-0.15, -0.1) is 0 Å². The number of amides is 1. The minimum absolute atomic E-state index is 0.0432. The number of benzene rings is 1. The molecule has 3 rings (SSSR count). The number of nitrogens with zero attached hydrogens (tertiary/aromatic N) is 2. The van der Waals surface area contributed by atoms with E-state index in [2.05, 4.69) is 10.2 Å². The fourth-order valence-corrected chi connectivity index (χ4v) is 3.82. The van der Waals surface area contributed by atoms with Crippen molar-refractivity contribution in [2.75, 3.05) is 20.6 Å². The Morgan fingerprint density at radius 2 is 1.87 bits per heavy atom. The maximum atomic E-state index is 13.7. The van der Waals surface area contributed by atoms with Crippen molar-refractivity contribution in [2.45, 2.75) is 50.4 Å². The Morgan fingerprint density at radius 1 is 1.22 bits per heavy atom. The van der Waals surface area contributed by atoms with Gasteiger partial charge in [-0.3, -0.25) is 9.69 Å². The number of hydrogen-bond donors (Lipinski definition) is 1. The maximum Gasteiger partial charge on any atom is 0.236 e. The molecule has 1 N–H and O–H groups in total. The number of piperidine rings is 1. The number of likely N-dealkylation sites (N-methyl/N-ethyl adjacent to an activating group) is 2. The number of fused-ring (bicyclic) bond motifs is 2. The topological polar surface area (TPSA) is 35.6 Å². The first-order valence-electron chi connectivity index (χ1n) is 8.46. The van der Waals surface area contributed by atoms with Gasteiger partial charge in [0.1, 0.15) is 5.82 Å². The number of halogens is 1. The van der Waals surface area contributed by atoms with E-state index in [4.69, 9.17) is 0 Å². The Balaban J connectivity index is 1.52. The maximum absolute atomic E-state index is 13.7. The van der Waals surface area contributed by atoms with Gasteiger partial charge in [-0.25, -0.2) is 4.39 Å². The summed E-state index contributed by atoms with van der Waals surface area (Å²) < 4.78 is 13.7. The largest absolute Gasteiger partial charge is 0.340 e. The van der Waals surface area contributed by atoms with E-state index in [1.54, 1.807) is 30.1 Å². The van der Waals surface area contributed by atoms with Gasteiger partial charge in [-0.2, -0.15) is 0 Å². The van der Waals surface area contributed by atoms with Crippen molar-refractivity contribution in [1.29, 1.82) is 0 Å². The summed E-state index contributed by atoms with van der Waals surface area (Å²) in [7, 11) is 3.78. The van der Waals surface area contributed by atoms with Gasteiger partial charge in [0.25, 0.3) is 0 Å². The highest BCUT2D eigenvalue weighted by molar-refractivity contribution is 5.78. The predicted octanol–water partition coefficient (Wildman–Crippen LogP) is 2.00. The molecular formula is C18H26FN3O. The summed E-state index contributed by atoms with van der Waals surface area (Å²) in [5.74, 6) is -0.211. The molecule has 126 valence electrons. The molecular weight excluding hydrogens is 293 g/mol. The van der Waals surface area contributed by atoms with Crippen molar-refractivity contribution in [3.63, 3.8) is 0 Å². The molecule has 2 unspecified atom stereocenters. The zero-order chi connectivity index (χ0) is 16.4. The van der Waals surface area contributed by atoms with Crippen LogP contribution in [0.3, 0.4) is 0 Å². The van der Waals surface area contributed by atoms with Crippen LogP contribution in [-0.2, 0) is 11.3 Å². The molecule has 23 heavy (non-hydrogen) atoms. The lowest BCUT2D eigenvalue weighted by Crippen LogP contribution is -2.49. The molecule has 0 spiro atoms. The Kier molecular flexibility index (Phi) is 4.97. The SMILES string of the molecule is CN(Cc1ccccc1F)C(=O)CN(C)C1CC2CCC(C1)N2. The fraction of sp³-hybridized carbons (Fsp3) is 0.611. The van der Waals surface area contributed by atoms with Gasteiger partial charge < -0.3 is 10.2 Å². The number of hydrogen-bond acceptors (Lipinski definition) is 3. The van der Waals surface area contributed by atoms with E-state index in [-0.39, 0.29) is 11.7 Å². The molecule has 1 amide bonds. The van der Waals surface area contributed by atoms with Gasteiger partial charge in [0.05, 0.1) is 6.54 Å². The van der Waals surface area contributed by atoms with Crippen molar-refractivity contribution < 1.29 is 9.18 Å². The summed E-state index contributed by atoms with van der Waals surface area (Å²) in [6, 6.07) is 8.34. The van der Waals surface area contributed by atoms with Crippen LogP contribution in [0.5, 0.6) is 0 Å². The van der Waals surface area contributed by atoms with Crippen LogP contribution >= 0.6 is 0 Å². The molecule has 0 aliphatic carbocycles. The van der Waals surface area contributed by atoms with Gasteiger partial charge >= 0.3 is 0 Å². The highest BCUT2D eigenvalue weighted by atomic mass is 19.1. The van der Waals surface area contributed by atoms with Crippen LogP contribution in [0.15, 0.2) is 24.3 Å². The van der Waals surface area contributed by atoms with E-state index < -0.39 is 0 Å². The Morgan fingerprint density at radius 3 is 2.52 bits per heavy atom. The second-order valence-electron chi connectivity index (χ2n) is 7.02. The van der Waals surface area contributed by atoms with E-state index >= 15 is 0 Å². The lowest BCUT2D eigenvalue weighted by molar-refractivity contribution is -0.132. The molecule has 2 bridgehead atoms. The molecule has 2 aliphatic heterocycles. The molecule has 1 aromatic carbocycles. The molecule has 0 saturated carbocycles. The predicted molar refractivity (Wildman–Crippen MR) is 88.5 cm³/mol.